The van der Waals surface area contributed by atoms with Gasteiger partial charge in [0.1, 0.15) is 11.6 Å². The number of hydrogen-bond acceptors (Lipinski definition) is 9. The lowest BCUT2D eigenvalue weighted by Gasteiger charge is -2.05. The van der Waals surface area contributed by atoms with E-state index in [1.165, 1.54) is 0 Å². The highest BCUT2D eigenvalue weighted by Crippen LogP contribution is 2.20. The van der Waals surface area contributed by atoms with Crippen LogP contribution in [0.3, 0.4) is 0 Å². The van der Waals surface area contributed by atoms with Crippen LogP contribution in [0.15, 0.2) is 36.4 Å². The van der Waals surface area contributed by atoms with E-state index >= 15 is 0 Å². The normalized spacial score (nSPS) is 9.56. The first-order valence-electron chi connectivity index (χ1n) is 8.08. The number of amides is 1. The molecule has 0 bridgehead atoms. The van der Waals surface area contributed by atoms with Gasteiger partial charge in [-0.1, -0.05) is 12.1 Å². The van der Waals surface area contributed by atoms with Gasteiger partial charge in [-0.15, -0.1) is 0 Å². The van der Waals surface area contributed by atoms with Gasteiger partial charge >= 0.3 is 6.16 Å². The van der Waals surface area contributed by atoms with Crippen LogP contribution in [0.4, 0.5) is 27.8 Å². The third-order valence-electron chi connectivity index (χ3n) is 2.97. The summed E-state index contributed by atoms with van der Waals surface area (Å²) in [4.78, 5) is 25.8. The molecular formula is C17H24N6O4. The lowest BCUT2D eigenvalue weighted by Crippen LogP contribution is -2.17. The summed E-state index contributed by atoms with van der Waals surface area (Å²) < 4.78 is 9.38. The molecule has 1 heterocycles. The Morgan fingerprint density at radius 3 is 2.37 bits per heavy atom. The minimum atomic E-state index is -0.736. The fourth-order valence-electron chi connectivity index (χ4n) is 1.70. The van der Waals surface area contributed by atoms with Crippen LogP contribution in [-0.4, -0.2) is 30.2 Å². The average Bonchev–Trinajstić information content (AvgIpc) is 2.61. The van der Waals surface area contributed by atoms with E-state index in [9.17, 15) is 9.59 Å². The molecule has 0 aliphatic heterocycles. The van der Waals surface area contributed by atoms with E-state index in [1.807, 2.05) is 0 Å². The second kappa shape index (κ2) is 11.2. The Morgan fingerprint density at radius 2 is 1.78 bits per heavy atom. The minimum Gasteiger partial charge on any atom is -0.434 e. The quantitative estimate of drug-likeness (QED) is 0.292. The Morgan fingerprint density at radius 1 is 1.07 bits per heavy atom. The lowest BCUT2D eigenvalue weighted by molar-refractivity contribution is -0.116. The summed E-state index contributed by atoms with van der Waals surface area (Å²) in [5.41, 5.74) is 22.5. The Balaban J connectivity index is 0.000000271. The highest BCUT2D eigenvalue weighted by molar-refractivity contribution is 5.90. The Labute approximate surface area is 156 Å². The van der Waals surface area contributed by atoms with Crippen LogP contribution in [0, 0.1) is 0 Å². The topological polar surface area (TPSA) is 182 Å². The Bertz CT molecular complexity index is 769. The first-order valence-corrected chi connectivity index (χ1v) is 8.08. The maximum atomic E-state index is 11.1. The molecule has 0 spiro atoms. The molecule has 1 aromatic heterocycles. The van der Waals surface area contributed by atoms with Gasteiger partial charge in [0, 0.05) is 13.0 Å². The van der Waals surface area contributed by atoms with Crippen LogP contribution in [0.1, 0.15) is 13.3 Å². The number of carbonyl (C=O) groups excluding carboxylic acids is 2. The SMILES string of the molecule is CCOC(=O)Oc1ccccc1N.NCCC(=O)Nc1ccc(N)c(N)n1. The highest BCUT2D eigenvalue weighted by Gasteiger charge is 2.06. The van der Waals surface area contributed by atoms with E-state index in [1.54, 1.807) is 43.3 Å². The zero-order valence-electron chi connectivity index (χ0n) is 15.0. The number of nitrogen functional groups attached to an aromatic ring is 3. The number of rotatable bonds is 5. The van der Waals surface area contributed by atoms with Crippen molar-refractivity contribution in [3.8, 4) is 5.75 Å². The largest absolute Gasteiger partial charge is 0.513 e. The van der Waals surface area contributed by atoms with Crippen molar-refractivity contribution in [3.05, 3.63) is 36.4 Å². The molecule has 0 radical (unpaired) electrons. The molecule has 0 aliphatic rings. The summed E-state index contributed by atoms with van der Waals surface area (Å²) in [6, 6.07) is 9.90. The average molecular weight is 376 g/mol. The van der Waals surface area contributed by atoms with Crippen LogP contribution < -0.4 is 33.0 Å². The van der Waals surface area contributed by atoms with Gasteiger partial charge in [-0.2, -0.15) is 0 Å². The van der Waals surface area contributed by atoms with Gasteiger partial charge in [-0.05, 0) is 31.2 Å². The molecule has 2 rings (SSSR count). The molecule has 9 N–H and O–H groups in total. The number of aromatic nitrogens is 1. The van der Waals surface area contributed by atoms with Crippen LogP contribution in [0.2, 0.25) is 0 Å². The van der Waals surface area contributed by atoms with Crippen molar-refractivity contribution in [2.24, 2.45) is 5.73 Å². The van der Waals surface area contributed by atoms with Crippen molar-refractivity contribution in [1.29, 1.82) is 0 Å². The van der Waals surface area contributed by atoms with Crippen molar-refractivity contribution in [3.63, 3.8) is 0 Å². The zero-order valence-corrected chi connectivity index (χ0v) is 15.0. The van der Waals surface area contributed by atoms with Crippen molar-refractivity contribution in [2.45, 2.75) is 13.3 Å². The number of nitrogens with zero attached hydrogens (tertiary/aromatic N) is 1. The summed E-state index contributed by atoms with van der Waals surface area (Å²) in [6.45, 7) is 2.29. The number of anilines is 4. The van der Waals surface area contributed by atoms with E-state index in [4.69, 9.17) is 27.7 Å². The summed E-state index contributed by atoms with van der Waals surface area (Å²) in [6.07, 6.45) is -0.480. The lowest BCUT2D eigenvalue weighted by atomic mass is 10.3. The molecule has 0 unspecified atom stereocenters. The van der Waals surface area contributed by atoms with E-state index in [0.29, 0.717) is 29.5 Å². The molecule has 0 saturated heterocycles. The van der Waals surface area contributed by atoms with Crippen LogP contribution >= 0.6 is 0 Å². The van der Waals surface area contributed by atoms with Crippen molar-refractivity contribution in [2.75, 3.05) is 35.7 Å². The molecule has 0 aliphatic carbocycles. The standard InChI is InChI=1S/C9H11NO3.C8H13N5O/c1-2-12-9(11)13-8-6-4-3-5-7(8)10;9-4-3-7(14)12-6-2-1-5(10)8(11)13-6/h3-6H,2,10H2,1H3;1-2H,3-4,9-10H2,(H3,11,12,13,14). The second-order valence-electron chi connectivity index (χ2n) is 5.08. The second-order valence-corrected chi connectivity index (χ2v) is 5.08. The third kappa shape index (κ3) is 7.92. The first kappa shape index (κ1) is 21.5. The molecule has 0 atom stereocenters. The summed E-state index contributed by atoms with van der Waals surface area (Å²) >= 11 is 0. The monoisotopic (exact) mass is 376 g/mol. The molecular weight excluding hydrogens is 352 g/mol. The maximum Gasteiger partial charge on any atom is 0.513 e. The van der Waals surface area contributed by atoms with Gasteiger partial charge in [0.15, 0.2) is 5.75 Å². The van der Waals surface area contributed by atoms with E-state index < -0.39 is 6.16 Å². The molecule has 27 heavy (non-hydrogen) atoms. The number of carbonyl (C=O) groups is 2. The minimum absolute atomic E-state index is 0.191. The number of nitrogens with two attached hydrogens (primary N) is 4. The van der Waals surface area contributed by atoms with Crippen molar-refractivity contribution < 1.29 is 19.1 Å². The van der Waals surface area contributed by atoms with E-state index in [0.717, 1.165) is 0 Å². The van der Waals surface area contributed by atoms with E-state index in [-0.39, 0.29) is 24.8 Å². The number of para-hydroxylation sites is 2. The predicted octanol–water partition coefficient (Wildman–Crippen LogP) is 1.34. The fraction of sp³-hybridized carbons (Fsp3) is 0.235. The van der Waals surface area contributed by atoms with Gasteiger partial charge in [0.25, 0.3) is 0 Å². The van der Waals surface area contributed by atoms with Crippen LogP contribution in [0.25, 0.3) is 0 Å². The summed E-state index contributed by atoms with van der Waals surface area (Å²) in [7, 11) is 0. The highest BCUT2D eigenvalue weighted by atomic mass is 16.7. The van der Waals surface area contributed by atoms with Crippen LogP contribution in [0.5, 0.6) is 5.75 Å². The number of nitrogens with one attached hydrogen (secondary N) is 1. The third-order valence-corrected chi connectivity index (χ3v) is 2.97. The molecule has 0 fully saturated rings. The molecule has 2 aromatic rings. The number of pyridine rings is 1. The Hall–Kier alpha value is -3.53. The zero-order chi connectivity index (χ0) is 20.2. The summed E-state index contributed by atoms with van der Waals surface area (Å²) in [5, 5.41) is 2.55. The van der Waals surface area contributed by atoms with Gasteiger partial charge in [-0.3, -0.25) is 4.79 Å². The predicted molar refractivity (Wildman–Crippen MR) is 104 cm³/mol. The molecule has 10 nitrogen and oxygen atoms in total. The Kier molecular flexibility index (Phi) is 8.89. The van der Waals surface area contributed by atoms with E-state index in [2.05, 4.69) is 15.0 Å². The van der Waals surface area contributed by atoms with Crippen LogP contribution in [-0.2, 0) is 9.53 Å². The van der Waals surface area contributed by atoms with Gasteiger partial charge in [-0.25, -0.2) is 9.78 Å². The number of ether oxygens (including phenoxy) is 2. The molecule has 1 amide bonds. The van der Waals surface area contributed by atoms with Crippen molar-refractivity contribution in [1.82, 2.24) is 4.98 Å². The first-order chi connectivity index (χ1) is 12.9. The number of hydrogen-bond donors (Lipinski definition) is 5. The summed E-state index contributed by atoms with van der Waals surface area (Å²) in [5.74, 6) is 0.718. The fourth-order valence-corrected chi connectivity index (χ4v) is 1.70. The van der Waals surface area contributed by atoms with Gasteiger partial charge in [0.05, 0.1) is 18.0 Å². The van der Waals surface area contributed by atoms with Crippen molar-refractivity contribution >= 4 is 35.1 Å². The maximum absolute atomic E-state index is 11.1. The molecule has 146 valence electrons. The molecule has 1 aromatic carbocycles. The smallest absolute Gasteiger partial charge is 0.434 e. The number of benzene rings is 1. The van der Waals surface area contributed by atoms with Gasteiger partial charge in [0.2, 0.25) is 5.91 Å². The van der Waals surface area contributed by atoms with Gasteiger partial charge < -0.3 is 37.7 Å². The molecule has 10 heteroatoms. The molecule has 0 saturated carbocycles.